The number of aromatic nitrogens is 1. The van der Waals surface area contributed by atoms with Gasteiger partial charge in [-0.25, -0.2) is 4.79 Å². The Morgan fingerprint density at radius 3 is 2.46 bits per heavy atom. The van der Waals surface area contributed by atoms with Crippen molar-refractivity contribution in [2.45, 2.75) is 27.7 Å². The highest BCUT2D eigenvalue weighted by molar-refractivity contribution is 6.19. The van der Waals surface area contributed by atoms with Crippen LogP contribution in [0.4, 0.5) is 5.69 Å². The standard InChI is InChI=1S/C20H19N3O5/c1-5-28-20(25)18-13(4)22-12(3)17(18)19(24)15(10-21)8-14-7-6-11(2)16(9-14)23(26)27/h6-9,22H,5H2,1-4H3/b15-8+. The minimum Gasteiger partial charge on any atom is -0.462 e. The first-order valence-electron chi connectivity index (χ1n) is 8.49. The van der Waals surface area contributed by atoms with Crippen molar-refractivity contribution >= 4 is 23.5 Å². The van der Waals surface area contributed by atoms with Gasteiger partial charge < -0.3 is 9.72 Å². The summed E-state index contributed by atoms with van der Waals surface area (Å²) in [5.41, 5.74) is 1.48. The molecule has 0 bridgehead atoms. The number of Topliss-reactive ketones (excluding diaryl/α,β-unsaturated/α-hetero) is 1. The fraction of sp³-hybridized carbons (Fsp3) is 0.250. The number of benzene rings is 1. The number of esters is 1. The van der Waals surface area contributed by atoms with E-state index in [1.807, 2.05) is 6.07 Å². The number of hydrogen-bond acceptors (Lipinski definition) is 6. The zero-order valence-corrected chi connectivity index (χ0v) is 16.0. The van der Waals surface area contributed by atoms with E-state index in [4.69, 9.17) is 4.74 Å². The first kappa shape index (κ1) is 20.6. The number of nitrogens with zero attached hydrogens (tertiary/aromatic N) is 2. The Labute approximate surface area is 161 Å². The van der Waals surface area contributed by atoms with Crippen LogP contribution in [0.2, 0.25) is 0 Å². The van der Waals surface area contributed by atoms with Crippen molar-refractivity contribution in [1.82, 2.24) is 4.98 Å². The van der Waals surface area contributed by atoms with E-state index >= 15 is 0 Å². The lowest BCUT2D eigenvalue weighted by Gasteiger charge is -2.05. The fourth-order valence-corrected chi connectivity index (χ4v) is 2.89. The summed E-state index contributed by atoms with van der Waals surface area (Å²) in [6, 6.07) is 6.23. The van der Waals surface area contributed by atoms with Crippen LogP contribution in [0.1, 0.15) is 50.2 Å². The average molecular weight is 381 g/mol. The Kier molecular flexibility index (Phi) is 6.11. The van der Waals surface area contributed by atoms with Gasteiger partial charge in [0.15, 0.2) is 0 Å². The minimum absolute atomic E-state index is 0.0605. The van der Waals surface area contributed by atoms with Crippen molar-refractivity contribution in [2.75, 3.05) is 6.61 Å². The van der Waals surface area contributed by atoms with Crippen LogP contribution in [0.15, 0.2) is 23.8 Å². The molecule has 28 heavy (non-hydrogen) atoms. The summed E-state index contributed by atoms with van der Waals surface area (Å²) < 4.78 is 5.01. The summed E-state index contributed by atoms with van der Waals surface area (Å²) in [4.78, 5) is 38.7. The maximum atomic E-state index is 13.0. The van der Waals surface area contributed by atoms with Gasteiger partial charge in [-0.05, 0) is 39.3 Å². The number of carbonyl (C=O) groups is 2. The van der Waals surface area contributed by atoms with Gasteiger partial charge in [-0.1, -0.05) is 12.1 Å². The highest BCUT2D eigenvalue weighted by Crippen LogP contribution is 2.25. The third-order valence-corrected chi connectivity index (χ3v) is 4.19. The predicted molar refractivity (Wildman–Crippen MR) is 102 cm³/mol. The van der Waals surface area contributed by atoms with E-state index in [-0.39, 0.29) is 29.0 Å². The Morgan fingerprint density at radius 2 is 1.89 bits per heavy atom. The molecule has 1 aromatic heterocycles. The summed E-state index contributed by atoms with van der Waals surface area (Å²) in [5.74, 6) is -1.31. The molecule has 0 unspecified atom stereocenters. The second-order valence-corrected chi connectivity index (χ2v) is 6.15. The number of carbonyl (C=O) groups excluding carboxylic acids is 2. The lowest BCUT2D eigenvalue weighted by atomic mass is 9.97. The highest BCUT2D eigenvalue weighted by Gasteiger charge is 2.27. The van der Waals surface area contributed by atoms with Crippen molar-refractivity contribution in [1.29, 1.82) is 5.26 Å². The molecule has 0 fully saturated rings. The van der Waals surface area contributed by atoms with Gasteiger partial charge in [-0.15, -0.1) is 0 Å². The zero-order chi connectivity index (χ0) is 21.0. The number of nitrogens with one attached hydrogen (secondary N) is 1. The molecule has 0 radical (unpaired) electrons. The van der Waals surface area contributed by atoms with E-state index in [0.717, 1.165) is 0 Å². The largest absolute Gasteiger partial charge is 0.462 e. The van der Waals surface area contributed by atoms with E-state index < -0.39 is 16.7 Å². The molecule has 2 aromatic rings. The SMILES string of the molecule is CCOC(=O)c1c(C)[nH]c(C)c1C(=O)/C(C#N)=C/c1ccc(C)c([N+](=O)[O-])c1. The zero-order valence-electron chi connectivity index (χ0n) is 16.0. The minimum atomic E-state index is -0.657. The van der Waals surface area contributed by atoms with Gasteiger partial charge in [0.05, 0.1) is 22.7 Å². The number of aryl methyl sites for hydroxylation is 3. The molecular formula is C20H19N3O5. The highest BCUT2D eigenvalue weighted by atomic mass is 16.6. The quantitative estimate of drug-likeness (QED) is 0.202. The average Bonchev–Trinajstić information content (AvgIpc) is 2.94. The lowest BCUT2D eigenvalue weighted by molar-refractivity contribution is -0.385. The number of ketones is 1. The van der Waals surface area contributed by atoms with Gasteiger partial charge in [-0.2, -0.15) is 5.26 Å². The second-order valence-electron chi connectivity index (χ2n) is 6.15. The third-order valence-electron chi connectivity index (χ3n) is 4.19. The van der Waals surface area contributed by atoms with Crippen molar-refractivity contribution in [3.63, 3.8) is 0 Å². The van der Waals surface area contributed by atoms with Crippen molar-refractivity contribution in [2.24, 2.45) is 0 Å². The Balaban J connectivity index is 2.55. The summed E-state index contributed by atoms with van der Waals surface area (Å²) in [5, 5.41) is 20.6. The number of hydrogen-bond donors (Lipinski definition) is 1. The first-order chi connectivity index (χ1) is 13.2. The molecule has 1 aromatic carbocycles. The number of H-pyrrole nitrogens is 1. The number of nitro groups is 1. The topological polar surface area (TPSA) is 126 Å². The van der Waals surface area contributed by atoms with E-state index in [9.17, 15) is 25.0 Å². The van der Waals surface area contributed by atoms with Crippen molar-refractivity contribution in [3.05, 3.63) is 67.5 Å². The Hall–Kier alpha value is -3.73. The molecule has 0 aliphatic heterocycles. The van der Waals surface area contributed by atoms with Crippen molar-refractivity contribution < 1.29 is 19.2 Å². The molecule has 0 aliphatic carbocycles. The monoisotopic (exact) mass is 381 g/mol. The number of rotatable bonds is 6. The van der Waals surface area contributed by atoms with Crippen LogP contribution in [0.25, 0.3) is 6.08 Å². The molecule has 8 nitrogen and oxygen atoms in total. The van der Waals surface area contributed by atoms with Crippen LogP contribution >= 0.6 is 0 Å². The Bertz CT molecular complexity index is 1040. The number of nitro benzene ring substituents is 1. The van der Waals surface area contributed by atoms with Gasteiger partial charge in [0.2, 0.25) is 5.78 Å². The summed E-state index contributed by atoms with van der Waals surface area (Å²) in [6.07, 6.45) is 1.27. The van der Waals surface area contributed by atoms with Gasteiger partial charge in [-0.3, -0.25) is 14.9 Å². The maximum Gasteiger partial charge on any atom is 0.340 e. The van der Waals surface area contributed by atoms with Crippen molar-refractivity contribution in [3.8, 4) is 6.07 Å². The van der Waals surface area contributed by atoms with Crippen LogP contribution in [-0.2, 0) is 4.74 Å². The number of allylic oxidation sites excluding steroid dienone is 1. The van der Waals surface area contributed by atoms with E-state index in [1.165, 1.54) is 12.1 Å². The molecule has 8 heteroatoms. The van der Waals surface area contributed by atoms with E-state index in [2.05, 4.69) is 4.98 Å². The van der Waals surface area contributed by atoms with Crippen LogP contribution in [0.3, 0.4) is 0 Å². The maximum absolute atomic E-state index is 13.0. The molecule has 1 heterocycles. The molecule has 2 rings (SSSR count). The molecule has 0 amide bonds. The lowest BCUT2D eigenvalue weighted by Crippen LogP contribution is -2.13. The number of nitriles is 1. The molecule has 0 saturated heterocycles. The number of aromatic amines is 1. The van der Waals surface area contributed by atoms with Gasteiger partial charge in [0, 0.05) is 23.0 Å². The third kappa shape index (κ3) is 3.99. The van der Waals surface area contributed by atoms with Crippen LogP contribution in [-0.4, -0.2) is 28.3 Å². The van der Waals surface area contributed by atoms with E-state index in [0.29, 0.717) is 22.5 Å². The van der Waals surface area contributed by atoms with Gasteiger partial charge in [0.1, 0.15) is 11.6 Å². The normalized spacial score (nSPS) is 11.0. The Morgan fingerprint density at radius 1 is 1.25 bits per heavy atom. The smallest absolute Gasteiger partial charge is 0.340 e. The summed E-state index contributed by atoms with van der Waals surface area (Å²) in [7, 11) is 0. The summed E-state index contributed by atoms with van der Waals surface area (Å²) >= 11 is 0. The molecule has 0 spiro atoms. The molecular weight excluding hydrogens is 362 g/mol. The number of ether oxygens (including phenoxy) is 1. The first-order valence-corrected chi connectivity index (χ1v) is 8.49. The van der Waals surface area contributed by atoms with E-state index in [1.54, 1.807) is 39.8 Å². The fourth-order valence-electron chi connectivity index (χ4n) is 2.89. The van der Waals surface area contributed by atoms with Crippen LogP contribution < -0.4 is 0 Å². The molecule has 0 saturated carbocycles. The van der Waals surface area contributed by atoms with Crippen LogP contribution in [0.5, 0.6) is 0 Å². The van der Waals surface area contributed by atoms with Gasteiger partial charge in [0.25, 0.3) is 5.69 Å². The van der Waals surface area contributed by atoms with Crippen LogP contribution in [0, 0.1) is 42.2 Å². The molecule has 0 atom stereocenters. The summed E-state index contributed by atoms with van der Waals surface area (Å²) in [6.45, 7) is 6.65. The molecule has 0 aliphatic rings. The molecule has 144 valence electrons. The molecule has 1 N–H and O–H groups in total. The predicted octanol–water partition coefficient (Wildman–Crippen LogP) is 3.81. The van der Waals surface area contributed by atoms with Gasteiger partial charge >= 0.3 is 5.97 Å². The second kappa shape index (κ2) is 8.31.